The fourth-order valence-electron chi connectivity index (χ4n) is 5.37. The lowest BCUT2D eigenvalue weighted by Gasteiger charge is -2.29. The van der Waals surface area contributed by atoms with Crippen LogP contribution in [0.1, 0.15) is 45.6 Å². The maximum Gasteiger partial charge on any atom is 0.416 e. The van der Waals surface area contributed by atoms with E-state index in [0.29, 0.717) is 18.8 Å². The highest BCUT2D eigenvalue weighted by atomic mass is 19.4. The Kier molecular flexibility index (Phi) is 6.46. The Morgan fingerprint density at radius 2 is 1.82 bits per heavy atom. The number of fused-ring (bicyclic) bond motifs is 1. The number of hydrogen-bond acceptors (Lipinski definition) is 4. The SMILES string of the molecule is CC(C)(C)OC(=O)N1C[C@H](F)C[C@H]1C(=O)N[C@H]1CC[C@@H]2CN(c3cccc(C(F)(F)F)c3)C[C@@H]21. The summed E-state index contributed by atoms with van der Waals surface area (Å²) in [5, 5.41) is 3.01. The Bertz CT molecular complexity index is 933. The van der Waals surface area contributed by atoms with Gasteiger partial charge < -0.3 is 15.0 Å². The van der Waals surface area contributed by atoms with Crippen LogP contribution >= 0.6 is 0 Å². The zero-order valence-corrected chi connectivity index (χ0v) is 19.6. The van der Waals surface area contributed by atoms with Gasteiger partial charge in [0.05, 0.1) is 12.1 Å². The maximum atomic E-state index is 14.1. The largest absolute Gasteiger partial charge is 0.444 e. The molecule has 1 N–H and O–H groups in total. The van der Waals surface area contributed by atoms with Crippen LogP contribution in [-0.4, -0.2) is 60.4 Å². The number of nitrogens with zero attached hydrogens (tertiary/aromatic N) is 2. The molecule has 10 heteroatoms. The summed E-state index contributed by atoms with van der Waals surface area (Å²) in [6, 6.07) is 4.18. The van der Waals surface area contributed by atoms with E-state index in [1.165, 1.54) is 6.07 Å². The van der Waals surface area contributed by atoms with Crippen LogP contribution in [0.5, 0.6) is 0 Å². The number of carbonyl (C=O) groups is 2. The van der Waals surface area contributed by atoms with Crippen LogP contribution in [0, 0.1) is 11.8 Å². The van der Waals surface area contributed by atoms with Crippen molar-refractivity contribution in [1.29, 1.82) is 0 Å². The summed E-state index contributed by atoms with van der Waals surface area (Å²) < 4.78 is 58.8. The van der Waals surface area contributed by atoms with Crippen LogP contribution in [0.2, 0.25) is 0 Å². The fourth-order valence-corrected chi connectivity index (χ4v) is 5.37. The van der Waals surface area contributed by atoms with E-state index in [2.05, 4.69) is 5.32 Å². The number of rotatable bonds is 3. The Hall–Kier alpha value is -2.52. The van der Waals surface area contributed by atoms with Gasteiger partial charge in [-0.2, -0.15) is 13.2 Å². The maximum absolute atomic E-state index is 14.1. The van der Waals surface area contributed by atoms with Gasteiger partial charge in [-0.1, -0.05) is 6.07 Å². The molecule has 2 amide bonds. The van der Waals surface area contributed by atoms with Crippen molar-refractivity contribution in [2.45, 2.75) is 70.1 Å². The number of hydrogen-bond donors (Lipinski definition) is 1. The molecule has 0 radical (unpaired) electrons. The lowest BCUT2D eigenvalue weighted by molar-refractivity contribution is -0.137. The number of amides is 2. The molecule has 5 atom stereocenters. The average molecular weight is 486 g/mol. The number of benzene rings is 1. The van der Waals surface area contributed by atoms with Gasteiger partial charge in [-0.05, 0) is 57.7 Å². The summed E-state index contributed by atoms with van der Waals surface area (Å²) in [5.41, 5.74) is -0.931. The summed E-state index contributed by atoms with van der Waals surface area (Å²) in [6.07, 6.45) is -4.91. The number of ether oxygens (including phenoxy) is 1. The molecule has 34 heavy (non-hydrogen) atoms. The van der Waals surface area contributed by atoms with Gasteiger partial charge in [0, 0.05) is 37.2 Å². The van der Waals surface area contributed by atoms with Crippen molar-refractivity contribution in [3.8, 4) is 0 Å². The monoisotopic (exact) mass is 485 g/mol. The smallest absolute Gasteiger partial charge is 0.416 e. The zero-order valence-electron chi connectivity index (χ0n) is 19.6. The first-order valence-corrected chi connectivity index (χ1v) is 11.7. The van der Waals surface area contributed by atoms with Crippen LogP contribution in [-0.2, 0) is 15.7 Å². The molecule has 4 rings (SSSR count). The van der Waals surface area contributed by atoms with Crippen molar-refractivity contribution in [3.05, 3.63) is 29.8 Å². The summed E-state index contributed by atoms with van der Waals surface area (Å²) in [7, 11) is 0. The van der Waals surface area contributed by atoms with Crippen molar-refractivity contribution in [2.24, 2.45) is 11.8 Å². The lowest BCUT2D eigenvalue weighted by Crippen LogP contribution is -2.51. The van der Waals surface area contributed by atoms with E-state index in [1.54, 1.807) is 26.8 Å². The van der Waals surface area contributed by atoms with Crippen LogP contribution in [0.4, 0.5) is 28.0 Å². The molecule has 3 fully saturated rings. The third-order valence-electron chi connectivity index (χ3n) is 6.90. The zero-order chi connectivity index (χ0) is 24.8. The molecule has 1 aliphatic carbocycles. The molecule has 6 nitrogen and oxygen atoms in total. The van der Waals surface area contributed by atoms with E-state index in [-0.39, 0.29) is 30.8 Å². The van der Waals surface area contributed by atoms with Crippen LogP contribution in [0.25, 0.3) is 0 Å². The molecule has 188 valence electrons. The van der Waals surface area contributed by atoms with Gasteiger partial charge >= 0.3 is 12.3 Å². The van der Waals surface area contributed by atoms with Gasteiger partial charge in [-0.3, -0.25) is 9.69 Å². The van der Waals surface area contributed by atoms with Crippen molar-refractivity contribution >= 4 is 17.7 Å². The summed E-state index contributed by atoms with van der Waals surface area (Å²) in [4.78, 5) is 28.7. The molecule has 0 unspecified atom stereocenters. The highest BCUT2D eigenvalue weighted by Gasteiger charge is 2.46. The second-order valence-electron chi connectivity index (χ2n) is 10.6. The van der Waals surface area contributed by atoms with Gasteiger partial charge in [-0.25, -0.2) is 9.18 Å². The normalized spacial score (nSPS) is 29.3. The minimum absolute atomic E-state index is 0.0797. The van der Waals surface area contributed by atoms with E-state index >= 15 is 0 Å². The van der Waals surface area contributed by atoms with Crippen LogP contribution < -0.4 is 10.2 Å². The first-order chi connectivity index (χ1) is 15.8. The Morgan fingerprint density at radius 1 is 1.09 bits per heavy atom. The van der Waals surface area contributed by atoms with Crippen molar-refractivity contribution in [1.82, 2.24) is 10.2 Å². The standard InChI is InChI=1S/C24H31F4N3O3/c1-23(2,3)34-22(33)31-12-16(25)10-20(31)21(32)29-19-8-7-14-11-30(13-18(14)19)17-6-4-5-15(9-17)24(26,27)28/h4-6,9,14,16,18-20H,7-8,10-13H2,1-3H3,(H,29,32)/t14-,16-,18+,19+,20+/m1/s1. The number of anilines is 1. The summed E-state index contributed by atoms with van der Waals surface area (Å²) in [5.74, 6) is -0.0791. The number of nitrogens with one attached hydrogen (secondary N) is 1. The second-order valence-corrected chi connectivity index (χ2v) is 10.6. The minimum Gasteiger partial charge on any atom is -0.444 e. The first-order valence-electron chi connectivity index (χ1n) is 11.7. The fraction of sp³-hybridized carbons (Fsp3) is 0.667. The number of carbonyl (C=O) groups excluding carboxylic acids is 2. The Balaban J connectivity index is 1.41. The minimum atomic E-state index is -4.41. The molecule has 0 spiro atoms. The Morgan fingerprint density at radius 3 is 2.50 bits per heavy atom. The summed E-state index contributed by atoms with van der Waals surface area (Å²) >= 11 is 0. The molecule has 1 aromatic carbocycles. The van der Waals surface area contributed by atoms with E-state index in [9.17, 15) is 27.2 Å². The van der Waals surface area contributed by atoms with Gasteiger partial charge in [-0.15, -0.1) is 0 Å². The molecule has 1 saturated carbocycles. The van der Waals surface area contributed by atoms with E-state index < -0.39 is 41.6 Å². The molecule has 2 saturated heterocycles. The molecule has 1 aromatic rings. The second kappa shape index (κ2) is 8.92. The topological polar surface area (TPSA) is 61.9 Å². The molecule has 2 heterocycles. The predicted molar refractivity (Wildman–Crippen MR) is 118 cm³/mol. The van der Waals surface area contributed by atoms with Crippen molar-refractivity contribution in [3.63, 3.8) is 0 Å². The quantitative estimate of drug-likeness (QED) is 0.646. The highest BCUT2D eigenvalue weighted by molar-refractivity contribution is 5.86. The third kappa shape index (κ3) is 5.25. The number of alkyl halides is 4. The van der Waals surface area contributed by atoms with Gasteiger partial charge in [0.1, 0.15) is 17.8 Å². The van der Waals surface area contributed by atoms with Gasteiger partial charge in [0.2, 0.25) is 5.91 Å². The lowest BCUT2D eigenvalue weighted by atomic mass is 9.97. The highest BCUT2D eigenvalue weighted by Crippen LogP contribution is 2.41. The van der Waals surface area contributed by atoms with E-state index in [1.807, 2.05) is 4.90 Å². The molecule has 0 aromatic heterocycles. The average Bonchev–Trinajstić information content (AvgIpc) is 3.41. The third-order valence-corrected chi connectivity index (χ3v) is 6.90. The molecular weight excluding hydrogens is 454 g/mol. The van der Waals surface area contributed by atoms with Crippen molar-refractivity contribution in [2.75, 3.05) is 24.5 Å². The van der Waals surface area contributed by atoms with Crippen molar-refractivity contribution < 1.29 is 31.9 Å². The van der Waals surface area contributed by atoms with E-state index in [0.717, 1.165) is 29.9 Å². The Labute approximate surface area is 196 Å². The summed E-state index contributed by atoms with van der Waals surface area (Å²) in [6.45, 7) is 6.09. The first kappa shape index (κ1) is 24.6. The van der Waals surface area contributed by atoms with E-state index in [4.69, 9.17) is 4.74 Å². The molecule has 3 aliphatic rings. The predicted octanol–water partition coefficient (Wildman–Crippen LogP) is 4.38. The molecule has 0 bridgehead atoms. The molecular formula is C24H31F4N3O3. The van der Waals surface area contributed by atoms with Gasteiger partial charge in [0.25, 0.3) is 0 Å². The number of halogens is 4. The van der Waals surface area contributed by atoms with Gasteiger partial charge in [0.15, 0.2) is 0 Å². The van der Waals surface area contributed by atoms with Crippen LogP contribution in [0.15, 0.2) is 24.3 Å². The number of likely N-dealkylation sites (tertiary alicyclic amines) is 1. The van der Waals surface area contributed by atoms with Crippen LogP contribution in [0.3, 0.4) is 0 Å². The molecule has 2 aliphatic heterocycles.